The van der Waals surface area contributed by atoms with Crippen LogP contribution in [0.25, 0.3) is 5.65 Å². The van der Waals surface area contributed by atoms with Crippen molar-refractivity contribution in [1.82, 2.24) is 29.4 Å². The topological polar surface area (TPSA) is 78.7 Å². The number of alkyl halides is 3. The van der Waals surface area contributed by atoms with Gasteiger partial charge < -0.3 is 10.2 Å². The average Bonchev–Trinajstić information content (AvgIpc) is 3.35. The number of rotatable bonds is 5. The summed E-state index contributed by atoms with van der Waals surface area (Å²) in [6.45, 7) is 6.22. The van der Waals surface area contributed by atoms with Crippen LogP contribution in [-0.4, -0.2) is 68.0 Å². The number of hydrogen-bond acceptors (Lipinski definition) is 6. The molecule has 1 aliphatic heterocycles. The van der Waals surface area contributed by atoms with Crippen molar-refractivity contribution >= 4 is 17.4 Å². The molecule has 3 aromatic heterocycles. The Hall–Kier alpha value is -4.27. The highest BCUT2D eigenvalue weighted by Gasteiger charge is 2.34. The van der Waals surface area contributed by atoms with Crippen LogP contribution in [0.1, 0.15) is 39.7 Å². The van der Waals surface area contributed by atoms with E-state index in [1.165, 1.54) is 18.3 Å². The molecule has 1 saturated heterocycles. The molecular formula is C28H26F3N7O. The van der Waals surface area contributed by atoms with E-state index in [2.05, 4.69) is 44.0 Å². The van der Waals surface area contributed by atoms with Crippen LogP contribution in [0.4, 0.5) is 19.0 Å². The molecule has 0 saturated carbocycles. The molecule has 0 aliphatic carbocycles. The fourth-order valence-electron chi connectivity index (χ4n) is 4.44. The summed E-state index contributed by atoms with van der Waals surface area (Å²) in [4.78, 5) is 25.5. The molecule has 39 heavy (non-hydrogen) atoms. The predicted molar refractivity (Wildman–Crippen MR) is 140 cm³/mol. The highest BCUT2D eigenvalue weighted by Crippen LogP contribution is 2.33. The summed E-state index contributed by atoms with van der Waals surface area (Å²) in [5, 5.41) is 6.79. The van der Waals surface area contributed by atoms with E-state index >= 15 is 0 Å². The lowest BCUT2D eigenvalue weighted by Gasteiger charge is -2.34. The van der Waals surface area contributed by atoms with Gasteiger partial charge in [0.25, 0.3) is 5.91 Å². The number of halogens is 3. The number of likely N-dealkylation sites (N-methyl/N-ethyl adjacent to an activating group) is 1. The highest BCUT2D eigenvalue weighted by atomic mass is 19.4. The van der Waals surface area contributed by atoms with Crippen molar-refractivity contribution in [2.75, 3.05) is 38.0 Å². The Labute approximate surface area is 223 Å². The molecule has 8 nitrogen and oxygen atoms in total. The Morgan fingerprint density at radius 2 is 1.79 bits per heavy atom. The molecule has 5 rings (SSSR count). The number of pyridine rings is 1. The second-order valence-corrected chi connectivity index (χ2v) is 9.15. The van der Waals surface area contributed by atoms with Crippen LogP contribution in [0, 0.1) is 11.8 Å². The maximum absolute atomic E-state index is 13.9. The summed E-state index contributed by atoms with van der Waals surface area (Å²) in [7, 11) is 0. The van der Waals surface area contributed by atoms with Gasteiger partial charge in [-0.2, -0.15) is 18.3 Å². The second-order valence-electron chi connectivity index (χ2n) is 9.15. The molecule has 1 aliphatic rings. The van der Waals surface area contributed by atoms with Crippen LogP contribution in [0.3, 0.4) is 0 Å². The lowest BCUT2D eigenvalue weighted by atomic mass is 10.0. The fourth-order valence-corrected chi connectivity index (χ4v) is 4.44. The number of aromatic nitrogens is 4. The van der Waals surface area contributed by atoms with Crippen molar-refractivity contribution in [2.45, 2.75) is 19.6 Å². The Morgan fingerprint density at radius 1 is 1.00 bits per heavy atom. The van der Waals surface area contributed by atoms with Crippen LogP contribution < -0.4 is 5.32 Å². The van der Waals surface area contributed by atoms with Gasteiger partial charge in [0.15, 0.2) is 5.65 Å². The van der Waals surface area contributed by atoms with Gasteiger partial charge in [-0.25, -0.2) is 14.5 Å². The van der Waals surface area contributed by atoms with Crippen LogP contribution in [-0.2, 0) is 12.7 Å². The summed E-state index contributed by atoms with van der Waals surface area (Å²) in [6, 6.07) is 10.5. The van der Waals surface area contributed by atoms with Crippen molar-refractivity contribution in [1.29, 1.82) is 0 Å². The number of imidazole rings is 1. The van der Waals surface area contributed by atoms with Gasteiger partial charge in [0.2, 0.25) is 0 Å². The number of nitrogens with one attached hydrogen (secondary N) is 1. The third-order valence-corrected chi connectivity index (χ3v) is 6.60. The first-order chi connectivity index (χ1) is 18.8. The predicted octanol–water partition coefficient (Wildman–Crippen LogP) is 3.93. The summed E-state index contributed by atoms with van der Waals surface area (Å²) in [5.41, 5.74) is 1.05. The Morgan fingerprint density at radius 3 is 2.56 bits per heavy atom. The first-order valence-corrected chi connectivity index (χ1v) is 12.5. The van der Waals surface area contributed by atoms with E-state index in [-0.39, 0.29) is 23.5 Å². The normalized spacial score (nSPS) is 14.7. The average molecular weight is 534 g/mol. The van der Waals surface area contributed by atoms with Crippen LogP contribution >= 0.6 is 0 Å². The number of carbonyl (C=O) groups excluding carboxylic acids is 1. The van der Waals surface area contributed by atoms with Gasteiger partial charge in [0.1, 0.15) is 11.5 Å². The standard InChI is InChI=1S/C28H26F3N7O/c1-2-36-12-14-37(15-13-36)19-22-7-6-21(17-24(22)28(29,30)31)27(39)35-25-16-20(9-11-32-25)5-8-23-18-33-26-4-3-10-34-38(23)26/h3-4,6-7,9-11,16-18H,2,12-15,19H2,1H3,(H,32,35,39). The smallest absolute Gasteiger partial charge is 0.307 e. The van der Waals surface area contributed by atoms with Gasteiger partial charge in [0.05, 0.1) is 11.8 Å². The maximum Gasteiger partial charge on any atom is 0.416 e. The van der Waals surface area contributed by atoms with Gasteiger partial charge >= 0.3 is 6.18 Å². The van der Waals surface area contributed by atoms with Crippen LogP contribution in [0.2, 0.25) is 0 Å². The van der Waals surface area contributed by atoms with E-state index in [9.17, 15) is 18.0 Å². The molecule has 1 aromatic carbocycles. The molecule has 1 amide bonds. The number of amides is 1. The molecule has 4 heterocycles. The molecule has 0 spiro atoms. The second kappa shape index (κ2) is 11.2. The Balaban J connectivity index is 1.31. The maximum atomic E-state index is 13.9. The molecule has 0 radical (unpaired) electrons. The van der Waals surface area contributed by atoms with Crippen molar-refractivity contribution in [3.05, 3.63) is 89.0 Å². The number of nitrogens with zero attached hydrogens (tertiary/aromatic N) is 6. The van der Waals surface area contributed by atoms with Crippen molar-refractivity contribution < 1.29 is 18.0 Å². The number of carbonyl (C=O) groups is 1. The van der Waals surface area contributed by atoms with Crippen LogP contribution in [0.5, 0.6) is 0 Å². The Bertz CT molecular complexity index is 1550. The molecule has 200 valence electrons. The zero-order valence-corrected chi connectivity index (χ0v) is 21.2. The summed E-state index contributed by atoms with van der Waals surface area (Å²) in [5.74, 6) is 5.44. The van der Waals surface area contributed by atoms with Crippen molar-refractivity contribution in [3.63, 3.8) is 0 Å². The summed E-state index contributed by atoms with van der Waals surface area (Å²) in [6.07, 6.45) is 0.114. The first-order valence-electron chi connectivity index (χ1n) is 12.5. The van der Waals surface area contributed by atoms with E-state index < -0.39 is 17.6 Å². The largest absolute Gasteiger partial charge is 0.416 e. The minimum atomic E-state index is -4.59. The van der Waals surface area contributed by atoms with E-state index in [4.69, 9.17) is 0 Å². The molecule has 0 atom stereocenters. The molecule has 1 fully saturated rings. The zero-order chi connectivity index (χ0) is 27.4. The van der Waals surface area contributed by atoms with Gasteiger partial charge in [-0.3, -0.25) is 9.69 Å². The molecule has 1 N–H and O–H groups in total. The van der Waals surface area contributed by atoms with E-state index in [0.29, 0.717) is 30.0 Å². The number of hydrogen-bond donors (Lipinski definition) is 1. The third-order valence-electron chi connectivity index (χ3n) is 6.60. The Kier molecular flexibility index (Phi) is 7.58. The molecule has 11 heteroatoms. The molecule has 4 aromatic rings. The third kappa shape index (κ3) is 6.25. The summed E-state index contributed by atoms with van der Waals surface area (Å²) < 4.78 is 43.4. The van der Waals surface area contributed by atoms with Gasteiger partial charge in [-0.15, -0.1) is 0 Å². The molecule has 0 unspecified atom stereocenters. The lowest BCUT2D eigenvalue weighted by Crippen LogP contribution is -2.45. The number of anilines is 1. The summed E-state index contributed by atoms with van der Waals surface area (Å²) >= 11 is 0. The molecule has 0 bridgehead atoms. The number of piperazine rings is 1. The zero-order valence-electron chi connectivity index (χ0n) is 21.2. The van der Waals surface area contributed by atoms with Gasteiger partial charge in [0, 0.05) is 56.2 Å². The van der Waals surface area contributed by atoms with Crippen LogP contribution in [0.15, 0.2) is 61.1 Å². The fraction of sp³-hybridized carbons (Fsp3) is 0.286. The first kappa shape index (κ1) is 26.3. The van der Waals surface area contributed by atoms with Gasteiger partial charge in [-0.05, 0) is 54.4 Å². The molecular weight excluding hydrogens is 507 g/mol. The minimum absolute atomic E-state index is 0.100. The lowest BCUT2D eigenvalue weighted by molar-refractivity contribution is -0.138. The van der Waals surface area contributed by atoms with E-state index in [1.807, 2.05) is 11.0 Å². The number of fused-ring (bicyclic) bond motifs is 1. The van der Waals surface area contributed by atoms with Gasteiger partial charge in [-0.1, -0.05) is 18.9 Å². The van der Waals surface area contributed by atoms with E-state index in [0.717, 1.165) is 25.7 Å². The monoisotopic (exact) mass is 533 g/mol. The van der Waals surface area contributed by atoms with E-state index in [1.54, 1.807) is 35.1 Å². The SMILES string of the molecule is CCN1CCN(Cc2ccc(C(=O)Nc3cc(C#Cc4cnc5cccnn45)ccn3)cc2C(F)(F)F)CC1. The quantitative estimate of drug-likeness (QED) is 0.392. The van der Waals surface area contributed by atoms with Crippen molar-refractivity contribution in [2.24, 2.45) is 0 Å². The highest BCUT2D eigenvalue weighted by molar-refractivity contribution is 6.04. The number of benzene rings is 1. The minimum Gasteiger partial charge on any atom is -0.307 e. The van der Waals surface area contributed by atoms with Crippen molar-refractivity contribution in [3.8, 4) is 11.8 Å².